The number of nitrogens with zero attached hydrogens (tertiary/aromatic N) is 5. The minimum Gasteiger partial charge on any atom is -0.397 e. The molecule has 0 spiro atoms. The van der Waals surface area contributed by atoms with Crippen molar-refractivity contribution in [3.63, 3.8) is 0 Å². The number of benzene rings is 1. The van der Waals surface area contributed by atoms with Gasteiger partial charge in [0.25, 0.3) is 5.91 Å². The van der Waals surface area contributed by atoms with Gasteiger partial charge in [-0.2, -0.15) is 0 Å². The number of hydrogen-bond acceptors (Lipinski definition) is 6. The fraction of sp³-hybridized carbons (Fsp3) is 0.312. The summed E-state index contributed by atoms with van der Waals surface area (Å²) in [5, 5.41) is 10.5. The van der Waals surface area contributed by atoms with E-state index >= 15 is 0 Å². The van der Waals surface area contributed by atoms with Gasteiger partial charge in [-0.1, -0.05) is 17.7 Å². The molecule has 1 aromatic carbocycles. The zero-order chi connectivity index (χ0) is 17.4. The first-order chi connectivity index (χ1) is 12.1. The Morgan fingerprint density at radius 3 is 2.92 bits per heavy atom. The van der Waals surface area contributed by atoms with E-state index in [0.717, 1.165) is 19.3 Å². The maximum absolute atomic E-state index is 12.5. The molecule has 1 saturated carbocycles. The lowest BCUT2D eigenvalue weighted by molar-refractivity contribution is -0.122. The van der Waals surface area contributed by atoms with Gasteiger partial charge < -0.3 is 11.1 Å². The monoisotopic (exact) mass is 339 g/mol. The first-order valence-electron chi connectivity index (χ1n) is 8.07. The van der Waals surface area contributed by atoms with Crippen LogP contribution in [0.15, 0.2) is 30.7 Å². The highest BCUT2D eigenvalue weighted by molar-refractivity contribution is 5.95. The third-order valence-corrected chi connectivity index (χ3v) is 4.44. The summed E-state index contributed by atoms with van der Waals surface area (Å²) in [5.41, 5.74) is 7.61. The summed E-state index contributed by atoms with van der Waals surface area (Å²) in [5.74, 6) is 0.148. The predicted molar refractivity (Wildman–Crippen MR) is 90.8 cm³/mol. The Balaban J connectivity index is 1.47. The van der Waals surface area contributed by atoms with Crippen LogP contribution < -0.4 is 11.1 Å². The fourth-order valence-corrected chi connectivity index (χ4v) is 2.81. The lowest BCUT2D eigenvalue weighted by Crippen LogP contribution is -2.28. The first kappa shape index (κ1) is 15.3. The smallest absolute Gasteiger partial charge is 0.254 e. The van der Waals surface area contributed by atoms with Crippen molar-refractivity contribution in [3.05, 3.63) is 30.7 Å². The number of rotatable bonds is 4. The van der Waals surface area contributed by atoms with Crippen LogP contribution in [0.5, 0.6) is 0 Å². The van der Waals surface area contributed by atoms with Crippen molar-refractivity contribution in [1.82, 2.24) is 24.5 Å². The van der Waals surface area contributed by atoms with Crippen molar-refractivity contribution in [2.24, 2.45) is 5.92 Å². The molecule has 9 heteroatoms. The molecule has 0 unspecified atom stereocenters. The topological polar surface area (TPSA) is 121 Å². The van der Waals surface area contributed by atoms with E-state index in [1.54, 1.807) is 24.4 Å². The average Bonchev–Trinajstić information content (AvgIpc) is 3.13. The highest BCUT2D eigenvalue weighted by Gasteiger charge is 2.25. The third-order valence-electron chi connectivity index (χ3n) is 4.44. The van der Waals surface area contributed by atoms with Crippen LogP contribution >= 0.6 is 0 Å². The summed E-state index contributed by atoms with van der Waals surface area (Å²) in [6.45, 7) is -0.0213. The van der Waals surface area contributed by atoms with Gasteiger partial charge >= 0.3 is 0 Å². The summed E-state index contributed by atoms with van der Waals surface area (Å²) < 4.78 is 2.82. The molecule has 9 nitrogen and oxygen atoms in total. The van der Waals surface area contributed by atoms with Crippen molar-refractivity contribution in [2.45, 2.75) is 25.8 Å². The molecule has 4 rings (SSSR count). The number of anilines is 2. The van der Waals surface area contributed by atoms with Crippen molar-refractivity contribution in [2.75, 3.05) is 11.1 Å². The van der Waals surface area contributed by atoms with Crippen molar-refractivity contribution < 1.29 is 9.59 Å². The lowest BCUT2D eigenvalue weighted by Gasteiger charge is -2.23. The average molecular weight is 339 g/mol. The maximum Gasteiger partial charge on any atom is 0.254 e. The molecule has 0 radical (unpaired) electrons. The molecule has 1 aliphatic carbocycles. The number of aromatic nitrogens is 5. The highest BCUT2D eigenvalue weighted by Crippen LogP contribution is 2.27. The number of hydrogen-bond donors (Lipinski definition) is 2. The molecule has 0 bridgehead atoms. The Morgan fingerprint density at radius 2 is 2.16 bits per heavy atom. The molecule has 3 N–H and O–H groups in total. The highest BCUT2D eigenvalue weighted by atomic mass is 16.2. The number of fused-ring (bicyclic) bond motifs is 1. The molecule has 2 aromatic heterocycles. The standard InChI is InChI=1S/C16H17N7O2/c17-11-5-2-6-12-15(11)18-9-23(12)14(24)8-22-7-13(20-21-22)19-16(25)10-3-1-4-10/h2,5-7,9-10H,1,3-4,8,17H2,(H,19,25). The number of imidazole rings is 1. The molecule has 1 amide bonds. The van der Waals surface area contributed by atoms with Gasteiger partial charge in [0.1, 0.15) is 18.4 Å². The summed E-state index contributed by atoms with van der Waals surface area (Å²) in [7, 11) is 0. The largest absolute Gasteiger partial charge is 0.397 e. The second-order valence-electron chi connectivity index (χ2n) is 6.14. The van der Waals surface area contributed by atoms with E-state index in [4.69, 9.17) is 5.73 Å². The van der Waals surface area contributed by atoms with Crippen LogP contribution in [0.4, 0.5) is 11.5 Å². The summed E-state index contributed by atoms with van der Waals surface area (Å²) in [6.07, 6.45) is 5.90. The number of nitrogen functional groups attached to an aromatic ring is 1. The molecule has 128 valence electrons. The SMILES string of the molecule is Nc1cccc2c1ncn2C(=O)Cn1cc(NC(=O)C2CCC2)nn1. The van der Waals surface area contributed by atoms with E-state index in [2.05, 4.69) is 20.6 Å². The Kier molecular flexibility index (Phi) is 3.68. The van der Waals surface area contributed by atoms with E-state index in [-0.39, 0.29) is 24.3 Å². The Morgan fingerprint density at radius 1 is 1.32 bits per heavy atom. The third kappa shape index (κ3) is 2.84. The Labute approximate surface area is 142 Å². The molecule has 0 aliphatic heterocycles. The van der Waals surface area contributed by atoms with E-state index in [0.29, 0.717) is 22.5 Å². The van der Waals surface area contributed by atoms with Crippen molar-refractivity contribution in [3.8, 4) is 0 Å². The molecule has 0 atom stereocenters. The first-order valence-corrected chi connectivity index (χ1v) is 8.07. The molecule has 1 aliphatic rings. The van der Waals surface area contributed by atoms with Gasteiger partial charge in [-0.3, -0.25) is 14.2 Å². The number of amides is 1. The molecule has 25 heavy (non-hydrogen) atoms. The number of para-hydroxylation sites is 1. The van der Waals surface area contributed by atoms with Crippen LogP contribution in [-0.2, 0) is 11.3 Å². The summed E-state index contributed by atoms with van der Waals surface area (Å²) in [6, 6.07) is 5.29. The van der Waals surface area contributed by atoms with E-state index in [9.17, 15) is 9.59 Å². The Bertz CT molecular complexity index is 954. The number of carbonyl (C=O) groups is 2. The van der Waals surface area contributed by atoms with Crippen LogP contribution in [0, 0.1) is 5.92 Å². The Hall–Kier alpha value is -3.23. The zero-order valence-corrected chi connectivity index (χ0v) is 13.4. The van der Waals surface area contributed by atoms with Crippen molar-refractivity contribution >= 4 is 34.4 Å². The van der Waals surface area contributed by atoms with Crippen LogP contribution in [0.1, 0.15) is 24.1 Å². The molecule has 1 fully saturated rings. The van der Waals surface area contributed by atoms with E-state index < -0.39 is 0 Å². The maximum atomic E-state index is 12.5. The second-order valence-corrected chi connectivity index (χ2v) is 6.14. The van der Waals surface area contributed by atoms with Crippen LogP contribution in [0.2, 0.25) is 0 Å². The molecular formula is C16H17N7O2. The molecular weight excluding hydrogens is 322 g/mol. The van der Waals surface area contributed by atoms with Crippen molar-refractivity contribution in [1.29, 1.82) is 0 Å². The van der Waals surface area contributed by atoms with Gasteiger partial charge in [-0.15, -0.1) is 5.10 Å². The molecule has 0 saturated heterocycles. The second kappa shape index (κ2) is 6.00. The van der Waals surface area contributed by atoms with Gasteiger partial charge in [0.15, 0.2) is 5.82 Å². The fourth-order valence-electron chi connectivity index (χ4n) is 2.81. The van der Waals surface area contributed by atoms with E-state index in [1.165, 1.54) is 15.6 Å². The van der Waals surface area contributed by atoms with E-state index in [1.807, 2.05) is 0 Å². The predicted octanol–water partition coefficient (Wildman–Crippen LogP) is 1.29. The number of carbonyl (C=O) groups excluding carboxylic acids is 2. The molecule has 3 aromatic rings. The number of nitrogens with two attached hydrogens (primary N) is 1. The number of nitrogens with one attached hydrogen (secondary N) is 1. The molecule has 2 heterocycles. The normalized spacial score (nSPS) is 14.4. The van der Waals surface area contributed by atoms with Gasteiger partial charge in [-0.25, -0.2) is 9.67 Å². The quantitative estimate of drug-likeness (QED) is 0.691. The van der Waals surface area contributed by atoms with Crippen LogP contribution in [0.25, 0.3) is 11.0 Å². The summed E-state index contributed by atoms with van der Waals surface area (Å²) >= 11 is 0. The van der Waals surface area contributed by atoms with Gasteiger partial charge in [0.2, 0.25) is 5.91 Å². The van der Waals surface area contributed by atoms with Gasteiger partial charge in [0, 0.05) is 5.92 Å². The lowest BCUT2D eigenvalue weighted by atomic mass is 9.85. The summed E-state index contributed by atoms with van der Waals surface area (Å²) in [4.78, 5) is 28.6. The van der Waals surface area contributed by atoms with Gasteiger partial charge in [0.05, 0.1) is 17.4 Å². The van der Waals surface area contributed by atoms with Crippen LogP contribution in [-0.4, -0.2) is 36.4 Å². The minimum atomic E-state index is -0.227. The van der Waals surface area contributed by atoms with Crippen LogP contribution in [0.3, 0.4) is 0 Å². The van der Waals surface area contributed by atoms with Gasteiger partial charge in [-0.05, 0) is 25.0 Å². The zero-order valence-electron chi connectivity index (χ0n) is 13.4. The minimum absolute atomic E-state index is 0.0213.